The van der Waals surface area contributed by atoms with Gasteiger partial charge in [-0.05, 0) is 36.1 Å². The van der Waals surface area contributed by atoms with Crippen molar-refractivity contribution in [1.29, 1.82) is 0 Å². The Hall–Kier alpha value is -0.900. The molecule has 0 aliphatic heterocycles. The van der Waals surface area contributed by atoms with Crippen molar-refractivity contribution in [1.82, 2.24) is 0 Å². The molecule has 0 radical (unpaired) electrons. The molecule has 1 aromatic heterocycles. The van der Waals surface area contributed by atoms with Gasteiger partial charge in [0.15, 0.2) is 0 Å². The Morgan fingerprint density at radius 2 is 1.94 bits per heavy atom. The largest absolute Gasteiger partial charge is 0.384 e. The number of aliphatic hydroxyl groups is 1. The van der Waals surface area contributed by atoms with Crippen molar-refractivity contribution < 1.29 is 9.50 Å². The Bertz CT molecular complexity index is 504. The summed E-state index contributed by atoms with van der Waals surface area (Å²) in [4.78, 5) is 0.739. The highest BCUT2D eigenvalue weighted by Crippen LogP contribution is 2.35. The average Bonchev–Trinajstić information content (AvgIpc) is 2.68. The predicted octanol–water partition coefficient (Wildman–Crippen LogP) is 3.99. The molecule has 2 rings (SSSR count). The summed E-state index contributed by atoms with van der Waals surface area (Å²) in [6, 6.07) is 7.89. The Balaban J connectivity index is 2.23. The quantitative estimate of drug-likeness (QED) is 0.894. The van der Waals surface area contributed by atoms with E-state index >= 15 is 0 Å². The molecule has 17 heavy (non-hydrogen) atoms. The van der Waals surface area contributed by atoms with Gasteiger partial charge in [0.1, 0.15) is 11.4 Å². The minimum Gasteiger partial charge on any atom is -0.384 e. The molecule has 90 valence electrons. The number of benzene rings is 1. The zero-order chi connectivity index (χ0) is 12.5. The van der Waals surface area contributed by atoms with Gasteiger partial charge in [0.25, 0.3) is 0 Å². The molecule has 1 N–H and O–H groups in total. The zero-order valence-corrected chi connectivity index (χ0v) is 10.9. The van der Waals surface area contributed by atoms with E-state index in [1.807, 2.05) is 5.38 Å². The normalized spacial score (nSPS) is 14.6. The fourth-order valence-corrected chi connectivity index (χ4v) is 3.08. The molecule has 0 amide bonds. The van der Waals surface area contributed by atoms with Gasteiger partial charge in [0.2, 0.25) is 0 Å². The third kappa shape index (κ3) is 2.86. The van der Waals surface area contributed by atoms with Crippen LogP contribution in [-0.2, 0) is 12.0 Å². The van der Waals surface area contributed by atoms with Crippen molar-refractivity contribution in [2.45, 2.75) is 18.9 Å². The van der Waals surface area contributed by atoms with Gasteiger partial charge in [0.05, 0.1) is 9.90 Å². The zero-order valence-electron chi connectivity index (χ0n) is 9.28. The van der Waals surface area contributed by atoms with Crippen molar-refractivity contribution in [3.05, 3.63) is 57.0 Å². The molecule has 0 saturated heterocycles. The minimum atomic E-state index is -1.02. The van der Waals surface area contributed by atoms with E-state index in [0.29, 0.717) is 11.4 Å². The first-order valence-corrected chi connectivity index (χ1v) is 6.45. The predicted molar refractivity (Wildman–Crippen MR) is 69.0 cm³/mol. The maximum absolute atomic E-state index is 12.8. The van der Waals surface area contributed by atoms with E-state index in [-0.39, 0.29) is 5.82 Å². The standard InChI is InChI=1S/C13H12ClFOS/c1-13(16,12-11(14)6-7-17-12)8-9-2-4-10(15)5-3-9/h2-7,16H,8H2,1H3. The second-order valence-electron chi connectivity index (χ2n) is 4.17. The lowest BCUT2D eigenvalue weighted by Crippen LogP contribution is -2.23. The van der Waals surface area contributed by atoms with Crippen molar-refractivity contribution in [3.63, 3.8) is 0 Å². The molecule has 0 spiro atoms. The smallest absolute Gasteiger partial charge is 0.123 e. The second-order valence-corrected chi connectivity index (χ2v) is 5.50. The monoisotopic (exact) mass is 270 g/mol. The number of hydrogen-bond donors (Lipinski definition) is 1. The van der Waals surface area contributed by atoms with Crippen LogP contribution in [0.2, 0.25) is 5.02 Å². The van der Waals surface area contributed by atoms with E-state index in [2.05, 4.69) is 0 Å². The summed E-state index contributed by atoms with van der Waals surface area (Å²) in [7, 11) is 0. The first-order chi connectivity index (χ1) is 7.99. The van der Waals surface area contributed by atoms with Crippen LogP contribution in [0.25, 0.3) is 0 Å². The Kier molecular flexibility index (Phi) is 3.52. The molecule has 0 aliphatic carbocycles. The van der Waals surface area contributed by atoms with Crippen LogP contribution in [0.15, 0.2) is 35.7 Å². The maximum Gasteiger partial charge on any atom is 0.123 e. The summed E-state index contributed by atoms with van der Waals surface area (Å²) in [5.74, 6) is -0.275. The van der Waals surface area contributed by atoms with Crippen LogP contribution in [0.3, 0.4) is 0 Å². The summed E-state index contributed by atoms with van der Waals surface area (Å²) in [6.07, 6.45) is 0.410. The summed E-state index contributed by atoms with van der Waals surface area (Å²) in [6.45, 7) is 1.72. The SMILES string of the molecule is CC(O)(Cc1ccc(F)cc1)c1sccc1Cl. The van der Waals surface area contributed by atoms with Crippen molar-refractivity contribution in [2.24, 2.45) is 0 Å². The molecule has 0 saturated carbocycles. The van der Waals surface area contributed by atoms with Crippen molar-refractivity contribution >= 4 is 22.9 Å². The molecule has 0 bridgehead atoms. The Labute approximate surface area is 108 Å². The first-order valence-electron chi connectivity index (χ1n) is 5.19. The summed E-state index contributed by atoms with van der Waals surface area (Å²) in [5, 5.41) is 12.8. The maximum atomic E-state index is 12.8. The van der Waals surface area contributed by atoms with Gasteiger partial charge in [0, 0.05) is 6.42 Å². The first kappa shape index (κ1) is 12.6. The van der Waals surface area contributed by atoms with Crippen LogP contribution in [0.4, 0.5) is 4.39 Å². The second kappa shape index (κ2) is 4.77. The molecule has 1 nitrogen and oxygen atoms in total. The molecule has 1 heterocycles. The summed E-state index contributed by atoms with van der Waals surface area (Å²) in [5.41, 5.74) is -0.149. The molecule has 4 heteroatoms. The summed E-state index contributed by atoms with van der Waals surface area (Å²) >= 11 is 7.43. The number of thiophene rings is 1. The van der Waals surface area contributed by atoms with Crippen LogP contribution < -0.4 is 0 Å². The van der Waals surface area contributed by atoms with Gasteiger partial charge in [-0.1, -0.05) is 23.7 Å². The van der Waals surface area contributed by atoms with E-state index in [0.717, 1.165) is 10.4 Å². The van der Waals surface area contributed by atoms with Gasteiger partial charge >= 0.3 is 0 Å². The lowest BCUT2D eigenvalue weighted by molar-refractivity contribution is 0.0616. The van der Waals surface area contributed by atoms with Gasteiger partial charge in [-0.15, -0.1) is 11.3 Å². The topological polar surface area (TPSA) is 20.2 Å². The third-order valence-electron chi connectivity index (χ3n) is 2.57. The Morgan fingerprint density at radius 1 is 1.29 bits per heavy atom. The highest BCUT2D eigenvalue weighted by atomic mass is 35.5. The van der Waals surface area contributed by atoms with Crippen LogP contribution in [0, 0.1) is 5.82 Å². The van der Waals surface area contributed by atoms with Crippen molar-refractivity contribution in [3.8, 4) is 0 Å². The average molecular weight is 271 g/mol. The molecule has 1 aromatic carbocycles. The summed E-state index contributed by atoms with van der Waals surface area (Å²) < 4.78 is 12.8. The minimum absolute atomic E-state index is 0.275. The fraction of sp³-hybridized carbons (Fsp3) is 0.231. The molecule has 1 unspecified atom stereocenters. The van der Waals surface area contributed by atoms with Gasteiger partial charge in [-0.2, -0.15) is 0 Å². The van der Waals surface area contributed by atoms with E-state index in [1.54, 1.807) is 25.1 Å². The van der Waals surface area contributed by atoms with Crippen LogP contribution in [0.1, 0.15) is 17.4 Å². The lowest BCUT2D eigenvalue weighted by atomic mass is 9.95. The molecule has 0 fully saturated rings. The molecular formula is C13H12ClFOS. The highest BCUT2D eigenvalue weighted by molar-refractivity contribution is 7.10. The Morgan fingerprint density at radius 3 is 2.47 bits per heavy atom. The van der Waals surface area contributed by atoms with E-state index in [4.69, 9.17) is 11.6 Å². The molecule has 1 atom stereocenters. The lowest BCUT2D eigenvalue weighted by Gasteiger charge is -2.22. The van der Waals surface area contributed by atoms with E-state index < -0.39 is 5.60 Å². The number of rotatable bonds is 3. The third-order valence-corrected chi connectivity index (χ3v) is 4.16. The van der Waals surface area contributed by atoms with Crippen LogP contribution in [-0.4, -0.2) is 5.11 Å². The van der Waals surface area contributed by atoms with Gasteiger partial charge in [-0.3, -0.25) is 0 Å². The van der Waals surface area contributed by atoms with Gasteiger partial charge < -0.3 is 5.11 Å². The number of hydrogen-bond acceptors (Lipinski definition) is 2. The molecular weight excluding hydrogens is 259 g/mol. The van der Waals surface area contributed by atoms with E-state index in [1.165, 1.54) is 23.5 Å². The van der Waals surface area contributed by atoms with E-state index in [9.17, 15) is 9.50 Å². The molecule has 0 aliphatic rings. The fourth-order valence-electron chi connectivity index (χ4n) is 1.76. The van der Waals surface area contributed by atoms with Crippen molar-refractivity contribution in [2.75, 3.05) is 0 Å². The number of halogens is 2. The molecule has 2 aromatic rings. The van der Waals surface area contributed by atoms with Crippen LogP contribution in [0.5, 0.6) is 0 Å². The van der Waals surface area contributed by atoms with Gasteiger partial charge in [-0.25, -0.2) is 4.39 Å². The highest BCUT2D eigenvalue weighted by Gasteiger charge is 2.27. The van der Waals surface area contributed by atoms with Crippen LogP contribution >= 0.6 is 22.9 Å².